The molecule has 3 aromatic rings. The molecule has 2 atom stereocenters. The molecule has 0 radical (unpaired) electrons. The van der Waals surface area contributed by atoms with E-state index in [4.69, 9.17) is 28.3 Å². The maximum absolute atomic E-state index is 14.2. The van der Waals surface area contributed by atoms with Crippen molar-refractivity contribution in [2.45, 2.75) is 18.0 Å². The quantitative estimate of drug-likeness (QED) is 0.468. The summed E-state index contributed by atoms with van der Waals surface area (Å²) in [5.74, 6) is -1.90. The summed E-state index contributed by atoms with van der Waals surface area (Å²) in [5.41, 5.74) is 1.03. The first-order valence-electron chi connectivity index (χ1n) is 11.6. The van der Waals surface area contributed by atoms with E-state index in [-0.39, 0.29) is 17.8 Å². The van der Waals surface area contributed by atoms with Gasteiger partial charge in [0.05, 0.1) is 28.6 Å². The maximum atomic E-state index is 14.2. The van der Waals surface area contributed by atoms with Crippen molar-refractivity contribution in [1.29, 1.82) is 5.26 Å². The summed E-state index contributed by atoms with van der Waals surface area (Å²) in [7, 11) is 1.60. The zero-order chi connectivity index (χ0) is 27.2. The number of nitriles is 1. The van der Waals surface area contributed by atoms with Crippen LogP contribution in [-0.2, 0) is 11.3 Å². The standard InChI is InChI=1S/C27H21Cl2N5O4/c1-32-26(38)34(22-9-19(28)8-20(29)10-22)25(37)27(32)15-33(13-21-7-6-18(12-31-21)24(35)36)14-23(27)17-4-2-16(11-30)3-5-17/h2-10,12,23H,13-15H2,1H3,(H,35,36)/t23-,27+/m0/s1. The summed E-state index contributed by atoms with van der Waals surface area (Å²) in [5, 5.41) is 19.0. The van der Waals surface area contributed by atoms with Crippen LogP contribution in [-0.4, -0.2) is 63.5 Å². The second-order valence-corrected chi connectivity index (χ2v) is 10.2. The van der Waals surface area contributed by atoms with E-state index in [1.165, 1.54) is 35.4 Å². The number of rotatable bonds is 5. The topological polar surface area (TPSA) is 118 Å². The molecule has 192 valence electrons. The zero-order valence-electron chi connectivity index (χ0n) is 20.1. The Balaban J connectivity index is 1.55. The summed E-state index contributed by atoms with van der Waals surface area (Å²) >= 11 is 12.4. The number of likely N-dealkylation sites (tertiary alicyclic amines) is 1. The number of pyridine rings is 1. The molecule has 3 heterocycles. The summed E-state index contributed by atoms with van der Waals surface area (Å²) in [6, 6.07) is 16.3. The Labute approximate surface area is 228 Å². The molecule has 1 N–H and O–H groups in total. The van der Waals surface area contributed by atoms with Crippen LogP contribution in [0.25, 0.3) is 0 Å². The molecule has 2 aliphatic heterocycles. The van der Waals surface area contributed by atoms with Crippen LogP contribution in [0.2, 0.25) is 10.0 Å². The molecule has 9 nitrogen and oxygen atoms in total. The Bertz CT molecular complexity index is 1470. The first-order chi connectivity index (χ1) is 18.1. The van der Waals surface area contributed by atoms with Gasteiger partial charge in [-0.05, 0) is 48.0 Å². The maximum Gasteiger partial charge on any atom is 0.337 e. The summed E-state index contributed by atoms with van der Waals surface area (Å²) in [4.78, 5) is 47.8. The monoisotopic (exact) mass is 549 g/mol. The smallest absolute Gasteiger partial charge is 0.337 e. The van der Waals surface area contributed by atoms with Gasteiger partial charge in [0.25, 0.3) is 5.91 Å². The van der Waals surface area contributed by atoms with Gasteiger partial charge in [-0.25, -0.2) is 14.5 Å². The molecule has 3 amide bonds. The Hall–Kier alpha value is -3.97. The number of benzene rings is 2. The Kier molecular flexibility index (Phi) is 6.57. The third-order valence-electron chi connectivity index (χ3n) is 7.14. The molecule has 5 rings (SSSR count). The average molecular weight is 550 g/mol. The number of amides is 3. The van der Waals surface area contributed by atoms with E-state index in [0.717, 1.165) is 10.5 Å². The summed E-state index contributed by atoms with van der Waals surface area (Å²) in [6.07, 6.45) is 1.29. The predicted octanol–water partition coefficient (Wildman–Crippen LogP) is 4.40. The number of nitrogens with zero attached hydrogens (tertiary/aromatic N) is 5. The van der Waals surface area contributed by atoms with Gasteiger partial charge in [0, 0.05) is 48.8 Å². The molecule has 0 saturated carbocycles. The van der Waals surface area contributed by atoms with Crippen molar-refractivity contribution in [3.05, 3.63) is 93.2 Å². The highest BCUT2D eigenvalue weighted by atomic mass is 35.5. The van der Waals surface area contributed by atoms with E-state index in [9.17, 15) is 19.6 Å². The molecule has 2 aliphatic rings. The highest BCUT2D eigenvalue weighted by molar-refractivity contribution is 6.35. The molecular weight excluding hydrogens is 529 g/mol. The summed E-state index contributed by atoms with van der Waals surface area (Å²) < 4.78 is 0. The molecular formula is C27H21Cl2N5O4. The fourth-order valence-corrected chi connectivity index (χ4v) is 5.80. The van der Waals surface area contributed by atoms with Crippen LogP contribution >= 0.6 is 23.2 Å². The minimum atomic E-state index is -1.25. The molecule has 2 saturated heterocycles. The van der Waals surface area contributed by atoms with Gasteiger partial charge in [0.2, 0.25) is 0 Å². The van der Waals surface area contributed by atoms with Crippen molar-refractivity contribution in [1.82, 2.24) is 14.8 Å². The van der Waals surface area contributed by atoms with Crippen LogP contribution in [0, 0.1) is 11.3 Å². The molecule has 1 aromatic heterocycles. The van der Waals surface area contributed by atoms with Crippen molar-refractivity contribution in [2.24, 2.45) is 0 Å². The fourth-order valence-electron chi connectivity index (χ4n) is 5.29. The van der Waals surface area contributed by atoms with Gasteiger partial charge in [-0.2, -0.15) is 5.26 Å². The number of imide groups is 1. The van der Waals surface area contributed by atoms with Crippen LogP contribution in [0.3, 0.4) is 0 Å². The molecule has 0 bridgehead atoms. The van der Waals surface area contributed by atoms with Gasteiger partial charge in [0.1, 0.15) is 5.54 Å². The minimum absolute atomic E-state index is 0.0780. The zero-order valence-corrected chi connectivity index (χ0v) is 21.6. The Morgan fingerprint density at radius 1 is 1.13 bits per heavy atom. The van der Waals surface area contributed by atoms with Gasteiger partial charge in [-0.3, -0.25) is 14.7 Å². The third-order valence-corrected chi connectivity index (χ3v) is 7.57. The number of carboxylic acid groups (broad SMARTS) is 1. The first kappa shape index (κ1) is 25.7. The normalized spacial score (nSPS) is 21.4. The molecule has 0 aliphatic carbocycles. The number of carbonyl (C=O) groups is 3. The van der Waals surface area contributed by atoms with Crippen molar-refractivity contribution >= 4 is 46.8 Å². The van der Waals surface area contributed by atoms with Crippen molar-refractivity contribution < 1.29 is 19.5 Å². The lowest BCUT2D eigenvalue weighted by molar-refractivity contribution is -0.124. The molecule has 1 spiro atoms. The average Bonchev–Trinajstić information content (AvgIpc) is 3.35. The van der Waals surface area contributed by atoms with Crippen LogP contribution in [0.15, 0.2) is 60.8 Å². The van der Waals surface area contributed by atoms with E-state index in [0.29, 0.717) is 34.4 Å². The van der Waals surface area contributed by atoms with Gasteiger partial charge in [-0.15, -0.1) is 0 Å². The Morgan fingerprint density at radius 3 is 2.39 bits per heavy atom. The number of anilines is 1. The lowest BCUT2D eigenvalue weighted by Gasteiger charge is -2.34. The number of likely N-dealkylation sites (N-methyl/N-ethyl adjacent to an activating group) is 1. The predicted molar refractivity (Wildman–Crippen MR) is 140 cm³/mol. The second kappa shape index (κ2) is 9.72. The van der Waals surface area contributed by atoms with Gasteiger partial charge in [0.15, 0.2) is 0 Å². The number of hydrogen-bond donors (Lipinski definition) is 1. The van der Waals surface area contributed by atoms with Crippen LogP contribution < -0.4 is 4.90 Å². The van der Waals surface area contributed by atoms with Crippen LogP contribution in [0.5, 0.6) is 0 Å². The summed E-state index contributed by atoms with van der Waals surface area (Å²) in [6.45, 7) is 0.973. The highest BCUT2D eigenvalue weighted by Gasteiger charge is 2.64. The van der Waals surface area contributed by atoms with E-state index in [1.54, 1.807) is 37.4 Å². The number of hydrogen-bond acceptors (Lipinski definition) is 6. The minimum Gasteiger partial charge on any atom is -0.478 e. The van der Waals surface area contributed by atoms with E-state index < -0.39 is 29.4 Å². The van der Waals surface area contributed by atoms with E-state index in [2.05, 4.69) is 11.1 Å². The molecule has 2 fully saturated rings. The van der Waals surface area contributed by atoms with E-state index in [1.807, 2.05) is 4.90 Å². The number of halogens is 2. The van der Waals surface area contributed by atoms with Crippen molar-refractivity contribution in [3.63, 3.8) is 0 Å². The fraction of sp³-hybridized carbons (Fsp3) is 0.222. The highest BCUT2D eigenvalue weighted by Crippen LogP contribution is 2.47. The third kappa shape index (κ3) is 4.27. The van der Waals surface area contributed by atoms with Crippen molar-refractivity contribution in [3.8, 4) is 6.07 Å². The number of urea groups is 1. The second-order valence-electron chi connectivity index (χ2n) is 9.33. The van der Waals surface area contributed by atoms with E-state index >= 15 is 0 Å². The lowest BCUT2D eigenvalue weighted by Crippen LogP contribution is -2.53. The van der Waals surface area contributed by atoms with Gasteiger partial charge < -0.3 is 10.0 Å². The number of carbonyl (C=O) groups excluding carboxylic acids is 2. The molecule has 0 unspecified atom stereocenters. The SMILES string of the molecule is CN1C(=O)N(c2cc(Cl)cc(Cl)c2)C(=O)[C@]12CN(Cc1ccc(C(=O)O)cn1)C[C@H]2c1ccc(C#N)cc1. The molecule has 2 aromatic carbocycles. The number of aromatic carboxylic acids is 1. The van der Waals surface area contributed by atoms with Gasteiger partial charge in [-0.1, -0.05) is 35.3 Å². The first-order valence-corrected chi connectivity index (χ1v) is 12.4. The lowest BCUT2D eigenvalue weighted by atomic mass is 9.80. The van der Waals surface area contributed by atoms with Crippen LogP contribution in [0.4, 0.5) is 10.5 Å². The van der Waals surface area contributed by atoms with Crippen LogP contribution in [0.1, 0.15) is 33.1 Å². The molecule has 11 heteroatoms. The largest absolute Gasteiger partial charge is 0.478 e. The number of aromatic nitrogens is 1. The Morgan fingerprint density at radius 2 is 1.82 bits per heavy atom. The molecule has 38 heavy (non-hydrogen) atoms. The number of carboxylic acids is 1. The van der Waals surface area contributed by atoms with Gasteiger partial charge >= 0.3 is 12.0 Å². The van der Waals surface area contributed by atoms with Crippen molar-refractivity contribution in [2.75, 3.05) is 25.0 Å².